The molecule has 1 aliphatic rings. The van der Waals surface area contributed by atoms with Crippen LogP contribution in [0.2, 0.25) is 0 Å². The number of nitrogens with zero attached hydrogens (tertiary/aromatic N) is 5. The van der Waals surface area contributed by atoms with E-state index in [0.29, 0.717) is 10.7 Å². The van der Waals surface area contributed by atoms with Gasteiger partial charge in [-0.3, -0.25) is 19.1 Å². The van der Waals surface area contributed by atoms with Gasteiger partial charge in [-0.05, 0) is 57.2 Å². The van der Waals surface area contributed by atoms with Gasteiger partial charge in [0.25, 0.3) is 5.91 Å². The van der Waals surface area contributed by atoms with E-state index in [-0.39, 0.29) is 48.2 Å². The molecule has 218 valence electrons. The fraction of sp³-hybridized carbons (Fsp3) is 0.407. The molecule has 1 aromatic carbocycles. The molecule has 1 saturated carbocycles. The van der Waals surface area contributed by atoms with Gasteiger partial charge in [0.1, 0.15) is 18.0 Å². The number of Topliss-reactive ketones (excluding diaryl/α,β-unsaturated/α-hetero) is 1. The molecule has 4 rings (SSSR count). The normalized spacial score (nSPS) is 17.3. The van der Waals surface area contributed by atoms with Crippen LogP contribution in [-0.2, 0) is 17.5 Å². The zero-order chi connectivity index (χ0) is 30.1. The van der Waals surface area contributed by atoms with Crippen molar-refractivity contribution in [1.29, 1.82) is 0 Å². The first-order chi connectivity index (χ1) is 19.3. The number of aromatic nitrogens is 4. The molecular formula is C27H26F5N5O4. The third kappa shape index (κ3) is 6.57. The molecule has 1 amide bonds. The van der Waals surface area contributed by atoms with E-state index in [0.717, 1.165) is 23.2 Å². The highest BCUT2D eigenvalue weighted by atomic mass is 19.4. The number of carboxylic acids is 1. The largest absolute Gasteiger partial charge is 0.481 e. The molecule has 9 nitrogen and oxygen atoms in total. The molecule has 0 aliphatic heterocycles. The smallest absolute Gasteiger partial charge is 0.433 e. The van der Waals surface area contributed by atoms with Crippen molar-refractivity contribution in [3.05, 3.63) is 76.1 Å². The van der Waals surface area contributed by atoms with Crippen LogP contribution in [0.5, 0.6) is 0 Å². The van der Waals surface area contributed by atoms with Crippen molar-refractivity contribution in [3.63, 3.8) is 0 Å². The Hall–Kier alpha value is -4.23. The average molecular weight is 580 g/mol. The van der Waals surface area contributed by atoms with Gasteiger partial charge in [-0.25, -0.2) is 18.7 Å². The van der Waals surface area contributed by atoms with E-state index < -0.39 is 71.8 Å². The summed E-state index contributed by atoms with van der Waals surface area (Å²) in [5, 5.41) is 13.1. The molecule has 0 atom stereocenters. The fourth-order valence-electron chi connectivity index (χ4n) is 5.19. The van der Waals surface area contributed by atoms with Crippen molar-refractivity contribution in [1.82, 2.24) is 24.6 Å². The van der Waals surface area contributed by atoms with Gasteiger partial charge >= 0.3 is 12.1 Å². The van der Waals surface area contributed by atoms with Crippen molar-refractivity contribution >= 4 is 17.7 Å². The highest BCUT2D eigenvalue weighted by Crippen LogP contribution is 2.39. The molecule has 0 spiro atoms. The van der Waals surface area contributed by atoms with E-state index in [4.69, 9.17) is 0 Å². The minimum absolute atomic E-state index is 0.0673. The fourth-order valence-corrected chi connectivity index (χ4v) is 5.19. The first kappa shape index (κ1) is 29.7. The van der Waals surface area contributed by atoms with E-state index in [1.807, 2.05) is 0 Å². The van der Waals surface area contributed by atoms with Crippen LogP contribution in [0.1, 0.15) is 75.1 Å². The molecule has 1 N–H and O–H groups in total. The molecule has 0 saturated heterocycles. The van der Waals surface area contributed by atoms with Crippen LogP contribution >= 0.6 is 0 Å². The number of benzene rings is 1. The Morgan fingerprint density at radius 2 is 1.59 bits per heavy atom. The number of hydrogen-bond acceptors (Lipinski definition) is 6. The zero-order valence-electron chi connectivity index (χ0n) is 22.1. The first-order valence-electron chi connectivity index (χ1n) is 12.7. The predicted octanol–water partition coefficient (Wildman–Crippen LogP) is 4.93. The van der Waals surface area contributed by atoms with Crippen LogP contribution in [0.3, 0.4) is 0 Å². The van der Waals surface area contributed by atoms with E-state index in [2.05, 4.69) is 15.1 Å². The molecule has 1 fully saturated rings. The topological polar surface area (TPSA) is 118 Å². The molecule has 2 heterocycles. The quantitative estimate of drug-likeness (QED) is 0.297. The van der Waals surface area contributed by atoms with Crippen molar-refractivity contribution in [2.45, 2.75) is 58.3 Å². The molecule has 1 aliphatic carbocycles. The van der Waals surface area contributed by atoms with Crippen LogP contribution in [0, 0.1) is 31.4 Å². The number of ketones is 1. The summed E-state index contributed by atoms with van der Waals surface area (Å²) in [6.45, 7) is 1.73. The number of amides is 1. The third-order valence-corrected chi connectivity index (χ3v) is 7.11. The average Bonchev–Trinajstić information content (AvgIpc) is 3.33. The Bertz CT molecular complexity index is 1440. The molecule has 0 bridgehead atoms. The summed E-state index contributed by atoms with van der Waals surface area (Å²) >= 11 is 0. The van der Waals surface area contributed by atoms with Gasteiger partial charge in [0.2, 0.25) is 0 Å². The van der Waals surface area contributed by atoms with Crippen LogP contribution in [-0.4, -0.2) is 54.0 Å². The number of rotatable bonds is 8. The molecule has 2 aromatic heterocycles. The van der Waals surface area contributed by atoms with Crippen molar-refractivity contribution in [2.75, 3.05) is 6.54 Å². The molecule has 14 heteroatoms. The number of carboxylic acid groups (broad SMARTS) is 1. The highest BCUT2D eigenvalue weighted by Gasteiger charge is 2.43. The van der Waals surface area contributed by atoms with Gasteiger partial charge in [-0.2, -0.15) is 18.3 Å². The van der Waals surface area contributed by atoms with Gasteiger partial charge in [-0.15, -0.1) is 0 Å². The first-order valence-corrected chi connectivity index (χ1v) is 12.7. The van der Waals surface area contributed by atoms with Crippen LogP contribution in [0.25, 0.3) is 0 Å². The number of alkyl halides is 3. The number of hydrogen-bond donors (Lipinski definition) is 1. The second-order valence-electron chi connectivity index (χ2n) is 9.97. The summed E-state index contributed by atoms with van der Waals surface area (Å²) in [5.41, 5.74) is -1.65. The Labute approximate surface area is 231 Å². The third-order valence-electron chi connectivity index (χ3n) is 7.11. The lowest BCUT2D eigenvalue weighted by molar-refractivity contribution is -0.147. The number of halogens is 5. The highest BCUT2D eigenvalue weighted by molar-refractivity contribution is 6.03. The summed E-state index contributed by atoms with van der Waals surface area (Å²) in [6, 6.07) is 1.61. The van der Waals surface area contributed by atoms with Crippen molar-refractivity contribution < 1.29 is 41.4 Å². The Morgan fingerprint density at radius 3 is 2.12 bits per heavy atom. The van der Waals surface area contributed by atoms with Gasteiger partial charge < -0.3 is 10.0 Å². The molecular weight excluding hydrogens is 553 g/mol. The summed E-state index contributed by atoms with van der Waals surface area (Å²) in [7, 11) is 0. The Morgan fingerprint density at radius 1 is 1.00 bits per heavy atom. The van der Waals surface area contributed by atoms with Gasteiger partial charge in [0.05, 0.1) is 47.2 Å². The summed E-state index contributed by atoms with van der Waals surface area (Å²) < 4.78 is 71.7. The molecule has 3 aromatic rings. The SMILES string of the molecule is Cc1ncnc(C)c1C(=O)CN(Cc1cc(F)cc(F)c1)C(=O)c1cnn(C2CCC(C(=O)O)CC2)c1C(F)(F)F. The summed E-state index contributed by atoms with van der Waals surface area (Å²) in [6.07, 6.45) is -2.56. The van der Waals surface area contributed by atoms with E-state index in [1.54, 1.807) is 0 Å². The van der Waals surface area contributed by atoms with Crippen molar-refractivity contribution in [3.8, 4) is 0 Å². The lowest BCUT2D eigenvalue weighted by atomic mass is 9.86. The van der Waals surface area contributed by atoms with Crippen LogP contribution < -0.4 is 0 Å². The monoisotopic (exact) mass is 579 g/mol. The number of carbonyl (C=O) groups is 3. The Kier molecular flexibility index (Phi) is 8.50. The number of aryl methyl sites for hydroxylation is 2. The second-order valence-corrected chi connectivity index (χ2v) is 9.97. The maximum absolute atomic E-state index is 14.4. The number of carbonyl (C=O) groups excluding carboxylic acids is 2. The minimum atomic E-state index is -5.04. The lowest BCUT2D eigenvalue weighted by Crippen LogP contribution is -2.37. The van der Waals surface area contributed by atoms with E-state index in [1.165, 1.54) is 20.2 Å². The Balaban J connectivity index is 1.73. The second kappa shape index (κ2) is 11.7. The van der Waals surface area contributed by atoms with E-state index in [9.17, 15) is 41.4 Å². The lowest BCUT2D eigenvalue weighted by Gasteiger charge is -2.28. The van der Waals surface area contributed by atoms with Gasteiger partial charge in [-0.1, -0.05) is 0 Å². The minimum Gasteiger partial charge on any atom is -0.481 e. The maximum Gasteiger partial charge on any atom is 0.433 e. The van der Waals surface area contributed by atoms with Gasteiger partial charge in [0.15, 0.2) is 11.5 Å². The van der Waals surface area contributed by atoms with Crippen LogP contribution in [0.4, 0.5) is 22.0 Å². The number of aliphatic carboxylic acids is 1. The molecule has 41 heavy (non-hydrogen) atoms. The zero-order valence-corrected chi connectivity index (χ0v) is 22.1. The summed E-state index contributed by atoms with van der Waals surface area (Å²) in [4.78, 5) is 46.9. The van der Waals surface area contributed by atoms with Crippen molar-refractivity contribution in [2.24, 2.45) is 5.92 Å². The van der Waals surface area contributed by atoms with Gasteiger partial charge in [0, 0.05) is 12.6 Å². The predicted molar refractivity (Wildman–Crippen MR) is 133 cm³/mol. The van der Waals surface area contributed by atoms with Crippen LogP contribution in [0.15, 0.2) is 30.7 Å². The summed E-state index contributed by atoms with van der Waals surface area (Å²) in [5.74, 6) is -5.56. The standard InChI is InChI=1S/C27H26F5N5O4/c1-14-23(15(2)34-13-33-14)22(38)12-36(11-16-7-18(28)9-19(29)8-16)25(39)21-10-35-37(24(21)27(30,31)32)20-5-3-17(4-6-20)26(40)41/h7-10,13,17,20H,3-6,11-12H2,1-2H3,(H,40,41). The molecule has 0 radical (unpaired) electrons. The molecule has 0 unspecified atom stereocenters. The maximum atomic E-state index is 14.4. The van der Waals surface area contributed by atoms with E-state index >= 15 is 0 Å².